The van der Waals surface area contributed by atoms with Crippen molar-refractivity contribution >= 4 is 0 Å². The summed E-state index contributed by atoms with van der Waals surface area (Å²) in [5.41, 5.74) is 2.33. The normalized spacial score (nSPS) is 11.6. The number of nitrogens with zero attached hydrogens (tertiary/aromatic N) is 1. The molecule has 0 aliphatic heterocycles. The van der Waals surface area contributed by atoms with Crippen LogP contribution in [0.25, 0.3) is 0 Å². The number of terminal acetylenes is 1. The highest BCUT2D eigenvalue weighted by molar-refractivity contribution is 5.29. The summed E-state index contributed by atoms with van der Waals surface area (Å²) in [6.07, 6.45) is 7.92. The molecule has 0 fully saturated rings. The predicted molar refractivity (Wildman–Crippen MR) is 85.1 cm³/mol. The molecule has 0 saturated heterocycles. The first kappa shape index (κ1) is 15.1. The number of aromatic nitrogens is 1. The molecule has 0 radical (unpaired) electrons. The minimum Gasteiger partial charge on any atom is -0.481 e. The molecule has 1 aromatic carbocycles. The maximum Gasteiger partial charge on any atom is 0.148 e. The van der Waals surface area contributed by atoms with Gasteiger partial charge in [-0.05, 0) is 36.8 Å². The van der Waals surface area contributed by atoms with Crippen molar-refractivity contribution in [2.24, 2.45) is 0 Å². The van der Waals surface area contributed by atoms with Gasteiger partial charge in [-0.2, -0.15) is 0 Å². The van der Waals surface area contributed by atoms with Crippen molar-refractivity contribution in [2.75, 3.05) is 13.2 Å². The maximum absolute atomic E-state index is 5.36. The SMILES string of the molecule is C#CCOc1ccc([C@@H](C)NCCc2ccccn2)cc1. The number of hydrogen-bond acceptors (Lipinski definition) is 3. The van der Waals surface area contributed by atoms with Crippen LogP contribution in [-0.2, 0) is 6.42 Å². The van der Waals surface area contributed by atoms with Crippen LogP contribution in [0.5, 0.6) is 5.75 Å². The molecule has 0 saturated carbocycles. The zero-order valence-corrected chi connectivity index (χ0v) is 12.3. The molecule has 0 spiro atoms. The van der Waals surface area contributed by atoms with E-state index in [9.17, 15) is 0 Å². The summed E-state index contributed by atoms with van der Waals surface area (Å²) in [6, 6.07) is 14.3. The van der Waals surface area contributed by atoms with Crippen LogP contribution in [0.1, 0.15) is 24.2 Å². The van der Waals surface area contributed by atoms with E-state index in [1.165, 1.54) is 5.56 Å². The van der Waals surface area contributed by atoms with Gasteiger partial charge in [0.15, 0.2) is 0 Å². The molecule has 2 aromatic rings. The summed E-state index contributed by atoms with van der Waals surface area (Å²) in [5, 5.41) is 3.50. The minimum absolute atomic E-state index is 0.287. The molecule has 1 aromatic heterocycles. The van der Waals surface area contributed by atoms with Crippen molar-refractivity contribution < 1.29 is 4.74 Å². The Bertz CT molecular complexity index is 572. The summed E-state index contributed by atoms with van der Waals surface area (Å²) >= 11 is 0. The molecule has 1 N–H and O–H groups in total. The average molecular weight is 280 g/mol. The Labute approximate surface area is 126 Å². The molecular weight excluding hydrogens is 260 g/mol. The summed E-state index contributed by atoms with van der Waals surface area (Å²) in [5.74, 6) is 3.26. The van der Waals surface area contributed by atoms with Gasteiger partial charge in [0.1, 0.15) is 12.4 Å². The molecule has 1 heterocycles. The molecule has 0 unspecified atom stereocenters. The summed E-state index contributed by atoms with van der Waals surface area (Å²) in [7, 11) is 0. The summed E-state index contributed by atoms with van der Waals surface area (Å²) < 4.78 is 5.36. The number of ether oxygens (including phenoxy) is 1. The quantitative estimate of drug-likeness (QED) is 0.792. The van der Waals surface area contributed by atoms with Gasteiger partial charge in [0.2, 0.25) is 0 Å². The van der Waals surface area contributed by atoms with Crippen molar-refractivity contribution in [3.8, 4) is 18.1 Å². The zero-order valence-electron chi connectivity index (χ0n) is 12.3. The van der Waals surface area contributed by atoms with Gasteiger partial charge in [-0.1, -0.05) is 24.1 Å². The van der Waals surface area contributed by atoms with E-state index in [0.717, 1.165) is 24.4 Å². The van der Waals surface area contributed by atoms with E-state index >= 15 is 0 Å². The van der Waals surface area contributed by atoms with Crippen LogP contribution in [0.4, 0.5) is 0 Å². The van der Waals surface area contributed by atoms with E-state index in [-0.39, 0.29) is 6.04 Å². The minimum atomic E-state index is 0.287. The Balaban J connectivity index is 1.80. The van der Waals surface area contributed by atoms with Crippen molar-refractivity contribution in [2.45, 2.75) is 19.4 Å². The molecular formula is C18H20N2O. The fourth-order valence-electron chi connectivity index (χ4n) is 2.06. The average Bonchev–Trinajstić information content (AvgIpc) is 2.54. The van der Waals surface area contributed by atoms with Gasteiger partial charge in [-0.15, -0.1) is 6.42 Å². The molecule has 3 nitrogen and oxygen atoms in total. The third kappa shape index (κ3) is 4.94. The molecule has 0 amide bonds. The van der Waals surface area contributed by atoms with E-state index in [1.807, 2.05) is 36.5 Å². The lowest BCUT2D eigenvalue weighted by molar-refractivity contribution is 0.370. The van der Waals surface area contributed by atoms with Crippen LogP contribution in [-0.4, -0.2) is 18.1 Å². The van der Waals surface area contributed by atoms with Gasteiger partial charge < -0.3 is 10.1 Å². The zero-order chi connectivity index (χ0) is 14.9. The second kappa shape index (κ2) is 8.08. The van der Waals surface area contributed by atoms with E-state index in [1.54, 1.807) is 0 Å². The van der Waals surface area contributed by atoms with Crippen LogP contribution in [0.3, 0.4) is 0 Å². The standard InChI is InChI=1S/C18H20N2O/c1-3-14-21-18-9-7-16(8-10-18)15(2)19-13-11-17-6-4-5-12-20-17/h1,4-10,12,15,19H,11,13-14H2,2H3/t15-/m1/s1. The van der Waals surface area contributed by atoms with Crippen molar-refractivity contribution in [3.63, 3.8) is 0 Å². The molecule has 1 atom stereocenters. The Morgan fingerprint density at radius 1 is 1.24 bits per heavy atom. The lowest BCUT2D eigenvalue weighted by atomic mass is 10.1. The lowest BCUT2D eigenvalue weighted by Gasteiger charge is -2.14. The fourth-order valence-corrected chi connectivity index (χ4v) is 2.06. The van der Waals surface area contributed by atoms with Gasteiger partial charge in [-0.25, -0.2) is 0 Å². The van der Waals surface area contributed by atoms with E-state index in [0.29, 0.717) is 6.61 Å². The van der Waals surface area contributed by atoms with E-state index in [4.69, 9.17) is 11.2 Å². The van der Waals surface area contributed by atoms with Crippen LogP contribution < -0.4 is 10.1 Å². The topological polar surface area (TPSA) is 34.1 Å². The molecule has 21 heavy (non-hydrogen) atoms. The third-order valence-corrected chi connectivity index (χ3v) is 3.26. The second-order valence-electron chi connectivity index (χ2n) is 4.81. The number of pyridine rings is 1. The summed E-state index contributed by atoms with van der Waals surface area (Å²) in [6.45, 7) is 3.35. The number of rotatable bonds is 7. The molecule has 108 valence electrons. The highest BCUT2D eigenvalue weighted by Crippen LogP contribution is 2.17. The Morgan fingerprint density at radius 2 is 2.05 bits per heavy atom. The van der Waals surface area contributed by atoms with Gasteiger partial charge in [0.25, 0.3) is 0 Å². The third-order valence-electron chi connectivity index (χ3n) is 3.26. The highest BCUT2D eigenvalue weighted by Gasteiger charge is 2.05. The summed E-state index contributed by atoms with van der Waals surface area (Å²) in [4.78, 5) is 4.32. The number of benzene rings is 1. The van der Waals surface area contributed by atoms with E-state index < -0.39 is 0 Å². The monoisotopic (exact) mass is 280 g/mol. The van der Waals surface area contributed by atoms with Gasteiger partial charge in [0.05, 0.1) is 0 Å². The van der Waals surface area contributed by atoms with Gasteiger partial charge in [0, 0.05) is 30.9 Å². The van der Waals surface area contributed by atoms with Crippen LogP contribution >= 0.6 is 0 Å². The van der Waals surface area contributed by atoms with Crippen LogP contribution in [0.15, 0.2) is 48.7 Å². The highest BCUT2D eigenvalue weighted by atomic mass is 16.5. The van der Waals surface area contributed by atoms with Crippen molar-refractivity contribution in [3.05, 3.63) is 59.9 Å². The first-order valence-corrected chi connectivity index (χ1v) is 7.09. The molecule has 0 aliphatic rings. The first-order valence-electron chi connectivity index (χ1n) is 7.09. The maximum atomic E-state index is 5.36. The smallest absolute Gasteiger partial charge is 0.148 e. The van der Waals surface area contributed by atoms with Crippen LogP contribution in [0, 0.1) is 12.3 Å². The van der Waals surface area contributed by atoms with Crippen molar-refractivity contribution in [1.82, 2.24) is 10.3 Å². The van der Waals surface area contributed by atoms with Crippen LogP contribution in [0.2, 0.25) is 0 Å². The van der Waals surface area contributed by atoms with E-state index in [2.05, 4.69) is 35.3 Å². The molecule has 3 heteroatoms. The van der Waals surface area contributed by atoms with Crippen molar-refractivity contribution in [1.29, 1.82) is 0 Å². The molecule has 0 bridgehead atoms. The lowest BCUT2D eigenvalue weighted by Crippen LogP contribution is -2.21. The van der Waals surface area contributed by atoms with Gasteiger partial charge in [-0.3, -0.25) is 4.98 Å². The van der Waals surface area contributed by atoms with Gasteiger partial charge >= 0.3 is 0 Å². The Kier molecular flexibility index (Phi) is 5.81. The second-order valence-corrected chi connectivity index (χ2v) is 4.81. The fraction of sp³-hybridized carbons (Fsp3) is 0.278. The molecule has 0 aliphatic carbocycles. The first-order chi connectivity index (χ1) is 10.3. The number of nitrogens with one attached hydrogen (secondary N) is 1. The molecule has 2 rings (SSSR count). The predicted octanol–water partition coefficient (Wildman–Crippen LogP) is 2.99. The largest absolute Gasteiger partial charge is 0.481 e. The Morgan fingerprint density at radius 3 is 2.71 bits per heavy atom. The number of hydrogen-bond donors (Lipinski definition) is 1. The Hall–Kier alpha value is -2.31.